The number of hydrogen-bond donors (Lipinski definition) is 1. The van der Waals surface area contributed by atoms with Crippen LogP contribution in [0.3, 0.4) is 0 Å². The van der Waals surface area contributed by atoms with Crippen LogP contribution >= 0.6 is 0 Å². The van der Waals surface area contributed by atoms with E-state index < -0.39 is 0 Å². The fraction of sp³-hybridized carbons (Fsp3) is 0.417. The summed E-state index contributed by atoms with van der Waals surface area (Å²) in [4.78, 5) is 11.7. The highest BCUT2D eigenvalue weighted by Crippen LogP contribution is 2.25. The lowest BCUT2D eigenvalue weighted by molar-refractivity contribution is 0.0987. The van der Waals surface area contributed by atoms with Crippen molar-refractivity contribution in [3.8, 4) is 0 Å². The minimum atomic E-state index is 0.255. The predicted molar refractivity (Wildman–Crippen MR) is 57.9 cm³/mol. The average molecular weight is 189 g/mol. The van der Waals surface area contributed by atoms with Crippen molar-refractivity contribution in [2.75, 3.05) is 11.9 Å². The molecule has 14 heavy (non-hydrogen) atoms. The summed E-state index contributed by atoms with van der Waals surface area (Å²) in [6, 6.07) is 5.96. The third kappa shape index (κ3) is 1.52. The number of rotatable bonds is 2. The molecule has 0 bridgehead atoms. The second kappa shape index (κ2) is 3.82. The largest absolute Gasteiger partial charge is 0.385 e. The van der Waals surface area contributed by atoms with Crippen molar-refractivity contribution in [3.05, 3.63) is 29.3 Å². The topological polar surface area (TPSA) is 29.1 Å². The first-order valence-electron chi connectivity index (χ1n) is 5.22. The molecule has 0 spiro atoms. The van der Waals surface area contributed by atoms with Crippen LogP contribution in [0.2, 0.25) is 0 Å². The molecule has 1 aromatic rings. The van der Waals surface area contributed by atoms with E-state index in [1.165, 1.54) is 5.56 Å². The van der Waals surface area contributed by atoms with E-state index in [1.807, 2.05) is 19.1 Å². The number of benzene rings is 1. The molecule has 0 saturated carbocycles. The van der Waals surface area contributed by atoms with E-state index in [9.17, 15) is 4.79 Å². The zero-order valence-corrected chi connectivity index (χ0v) is 8.47. The van der Waals surface area contributed by atoms with Crippen molar-refractivity contribution >= 4 is 11.5 Å². The number of carbonyl (C=O) groups is 1. The Morgan fingerprint density at radius 3 is 3.14 bits per heavy atom. The maximum Gasteiger partial charge on any atom is 0.162 e. The summed E-state index contributed by atoms with van der Waals surface area (Å²) >= 11 is 0. The Morgan fingerprint density at radius 1 is 1.50 bits per heavy atom. The van der Waals surface area contributed by atoms with Gasteiger partial charge < -0.3 is 5.32 Å². The lowest BCUT2D eigenvalue weighted by Gasteiger charge is -2.20. The van der Waals surface area contributed by atoms with Crippen molar-refractivity contribution in [2.45, 2.75) is 26.2 Å². The van der Waals surface area contributed by atoms with E-state index in [2.05, 4.69) is 11.4 Å². The van der Waals surface area contributed by atoms with E-state index >= 15 is 0 Å². The summed E-state index contributed by atoms with van der Waals surface area (Å²) in [6.07, 6.45) is 2.75. The number of anilines is 1. The van der Waals surface area contributed by atoms with Gasteiger partial charge in [0.25, 0.3) is 0 Å². The van der Waals surface area contributed by atoms with Gasteiger partial charge in [-0.15, -0.1) is 0 Å². The SMILES string of the molecule is CCC(=O)c1cccc2c1CCCN2. The summed E-state index contributed by atoms with van der Waals surface area (Å²) in [5.74, 6) is 0.255. The van der Waals surface area contributed by atoms with Gasteiger partial charge in [-0.2, -0.15) is 0 Å². The van der Waals surface area contributed by atoms with Crippen LogP contribution in [-0.4, -0.2) is 12.3 Å². The molecule has 1 aliphatic rings. The summed E-state index contributed by atoms with van der Waals surface area (Å²) in [5, 5.41) is 3.33. The first-order valence-corrected chi connectivity index (χ1v) is 5.22. The van der Waals surface area contributed by atoms with Crippen molar-refractivity contribution in [1.82, 2.24) is 0 Å². The van der Waals surface area contributed by atoms with E-state index in [-0.39, 0.29) is 5.78 Å². The van der Waals surface area contributed by atoms with Gasteiger partial charge in [-0.3, -0.25) is 4.79 Å². The average Bonchev–Trinajstić information content (AvgIpc) is 2.27. The predicted octanol–water partition coefficient (Wildman–Crippen LogP) is 2.64. The molecule has 2 heteroatoms. The quantitative estimate of drug-likeness (QED) is 0.724. The molecule has 0 fully saturated rings. The molecule has 2 rings (SSSR count). The van der Waals surface area contributed by atoms with Gasteiger partial charge in [0, 0.05) is 24.2 Å². The lowest BCUT2D eigenvalue weighted by Crippen LogP contribution is -2.15. The number of nitrogens with one attached hydrogen (secondary N) is 1. The molecular weight excluding hydrogens is 174 g/mol. The third-order valence-corrected chi connectivity index (χ3v) is 2.72. The van der Waals surface area contributed by atoms with E-state index in [1.54, 1.807) is 0 Å². The molecule has 0 amide bonds. The fourth-order valence-corrected chi connectivity index (χ4v) is 1.96. The zero-order chi connectivity index (χ0) is 9.97. The Morgan fingerprint density at radius 2 is 2.36 bits per heavy atom. The molecule has 1 aliphatic heterocycles. The third-order valence-electron chi connectivity index (χ3n) is 2.72. The summed E-state index contributed by atoms with van der Waals surface area (Å²) in [6.45, 7) is 2.94. The van der Waals surface area contributed by atoms with E-state index in [4.69, 9.17) is 0 Å². The molecule has 74 valence electrons. The number of fused-ring (bicyclic) bond motifs is 1. The van der Waals surface area contributed by atoms with Gasteiger partial charge in [0.2, 0.25) is 0 Å². The minimum Gasteiger partial charge on any atom is -0.385 e. The van der Waals surface area contributed by atoms with Crippen LogP contribution < -0.4 is 5.32 Å². The maximum atomic E-state index is 11.7. The molecule has 1 aromatic carbocycles. The number of Topliss-reactive ketones (excluding diaryl/α,β-unsaturated/α-hetero) is 1. The summed E-state index contributed by atoms with van der Waals surface area (Å²) in [5.41, 5.74) is 3.28. The summed E-state index contributed by atoms with van der Waals surface area (Å²) in [7, 11) is 0. The fourth-order valence-electron chi connectivity index (χ4n) is 1.96. The van der Waals surface area contributed by atoms with Crippen LogP contribution in [0.4, 0.5) is 5.69 Å². The molecule has 2 nitrogen and oxygen atoms in total. The Bertz CT molecular complexity index is 357. The highest BCUT2D eigenvalue weighted by atomic mass is 16.1. The van der Waals surface area contributed by atoms with Crippen LogP contribution in [0.1, 0.15) is 35.7 Å². The monoisotopic (exact) mass is 189 g/mol. The molecule has 0 aromatic heterocycles. The first-order chi connectivity index (χ1) is 6.83. The van der Waals surface area contributed by atoms with Crippen LogP contribution in [-0.2, 0) is 6.42 Å². The second-order valence-electron chi connectivity index (χ2n) is 3.64. The van der Waals surface area contributed by atoms with Gasteiger partial charge in [0.05, 0.1) is 0 Å². The highest BCUT2D eigenvalue weighted by Gasteiger charge is 2.15. The molecule has 0 saturated heterocycles. The van der Waals surface area contributed by atoms with E-state index in [0.717, 1.165) is 30.6 Å². The van der Waals surface area contributed by atoms with Crippen molar-refractivity contribution in [2.24, 2.45) is 0 Å². The van der Waals surface area contributed by atoms with Crippen molar-refractivity contribution < 1.29 is 4.79 Å². The van der Waals surface area contributed by atoms with Gasteiger partial charge in [-0.25, -0.2) is 0 Å². The van der Waals surface area contributed by atoms with Crippen LogP contribution in [0.25, 0.3) is 0 Å². The van der Waals surface area contributed by atoms with Crippen molar-refractivity contribution in [3.63, 3.8) is 0 Å². The second-order valence-corrected chi connectivity index (χ2v) is 3.64. The zero-order valence-electron chi connectivity index (χ0n) is 8.47. The van der Waals surface area contributed by atoms with Crippen LogP contribution in [0.15, 0.2) is 18.2 Å². The minimum absolute atomic E-state index is 0.255. The Balaban J connectivity index is 2.45. The van der Waals surface area contributed by atoms with Gasteiger partial charge in [-0.05, 0) is 24.5 Å². The highest BCUT2D eigenvalue weighted by molar-refractivity contribution is 5.98. The van der Waals surface area contributed by atoms with Gasteiger partial charge in [0.1, 0.15) is 0 Å². The van der Waals surface area contributed by atoms with Gasteiger partial charge in [0.15, 0.2) is 5.78 Å². The Kier molecular flexibility index (Phi) is 2.53. The van der Waals surface area contributed by atoms with Crippen molar-refractivity contribution in [1.29, 1.82) is 0 Å². The number of hydrogen-bond acceptors (Lipinski definition) is 2. The first kappa shape index (κ1) is 9.25. The molecule has 0 unspecified atom stereocenters. The Hall–Kier alpha value is -1.31. The van der Waals surface area contributed by atoms with E-state index in [0.29, 0.717) is 6.42 Å². The van der Waals surface area contributed by atoms with Gasteiger partial charge in [-0.1, -0.05) is 19.1 Å². The smallest absolute Gasteiger partial charge is 0.162 e. The maximum absolute atomic E-state index is 11.7. The standard InChI is InChI=1S/C12H15NO/c1-2-12(14)10-5-3-7-11-9(10)6-4-8-13-11/h3,5,7,13H,2,4,6,8H2,1H3. The van der Waals surface area contributed by atoms with Gasteiger partial charge >= 0.3 is 0 Å². The molecule has 0 aliphatic carbocycles. The lowest BCUT2D eigenvalue weighted by atomic mass is 9.94. The molecule has 1 N–H and O–H groups in total. The Labute approximate surface area is 84.3 Å². The molecular formula is C12H15NO. The van der Waals surface area contributed by atoms with Crippen LogP contribution in [0.5, 0.6) is 0 Å². The number of ketones is 1. The van der Waals surface area contributed by atoms with Crippen LogP contribution in [0, 0.1) is 0 Å². The normalized spacial score (nSPS) is 14.4. The molecule has 0 radical (unpaired) electrons. The molecule has 1 heterocycles. The molecule has 0 atom stereocenters. The number of carbonyl (C=O) groups excluding carboxylic acids is 1. The summed E-state index contributed by atoms with van der Waals surface area (Å²) < 4.78 is 0.